The zero-order valence-corrected chi connectivity index (χ0v) is 9.43. The molecule has 16 heavy (non-hydrogen) atoms. The van der Waals surface area contributed by atoms with Gasteiger partial charge in [-0.15, -0.1) is 0 Å². The molecule has 0 radical (unpaired) electrons. The molecule has 0 aliphatic carbocycles. The van der Waals surface area contributed by atoms with Crippen LogP contribution in [-0.4, -0.2) is 14.5 Å². The molecule has 84 valence electrons. The van der Waals surface area contributed by atoms with Crippen LogP contribution < -0.4 is 5.73 Å². The average molecular weight is 216 g/mol. The molecule has 0 aromatic carbocycles. The molecule has 4 heteroatoms. The number of aromatic nitrogens is 3. The summed E-state index contributed by atoms with van der Waals surface area (Å²) in [4.78, 5) is 8.28. The molecule has 0 fully saturated rings. The van der Waals surface area contributed by atoms with Crippen LogP contribution in [0.2, 0.25) is 0 Å². The molecule has 0 aliphatic rings. The van der Waals surface area contributed by atoms with Crippen molar-refractivity contribution < 1.29 is 0 Å². The van der Waals surface area contributed by atoms with E-state index in [1.807, 2.05) is 42.5 Å². The van der Waals surface area contributed by atoms with E-state index < -0.39 is 0 Å². The van der Waals surface area contributed by atoms with Crippen LogP contribution in [0.3, 0.4) is 0 Å². The van der Waals surface area contributed by atoms with Crippen LogP contribution in [0.4, 0.5) is 0 Å². The molecule has 2 aromatic heterocycles. The molecule has 0 aliphatic heterocycles. The summed E-state index contributed by atoms with van der Waals surface area (Å²) in [5, 5.41) is 0. The van der Waals surface area contributed by atoms with Crippen LogP contribution in [0.25, 0.3) is 0 Å². The van der Waals surface area contributed by atoms with Crippen LogP contribution in [0.5, 0.6) is 0 Å². The van der Waals surface area contributed by atoms with Gasteiger partial charge in [-0.1, -0.05) is 0 Å². The number of aryl methyl sites for hydroxylation is 2. The first kappa shape index (κ1) is 10.8. The van der Waals surface area contributed by atoms with Crippen molar-refractivity contribution in [2.24, 2.45) is 12.8 Å². The van der Waals surface area contributed by atoms with Crippen molar-refractivity contribution in [1.29, 1.82) is 0 Å². The van der Waals surface area contributed by atoms with Gasteiger partial charge in [-0.2, -0.15) is 0 Å². The maximum atomic E-state index is 5.65. The van der Waals surface area contributed by atoms with E-state index in [1.54, 1.807) is 0 Å². The van der Waals surface area contributed by atoms with Crippen LogP contribution in [-0.2, 0) is 26.4 Å². The standard InChI is InChI=1S/C12H16N4/c1-16-9-15-11(8-13)12(16)3-2-10-4-6-14-7-5-10/h4-7,9H,2-3,8,13H2,1H3. The SMILES string of the molecule is Cn1cnc(CN)c1CCc1ccncc1. The quantitative estimate of drug-likeness (QED) is 0.831. The number of nitrogens with zero attached hydrogens (tertiary/aromatic N) is 3. The van der Waals surface area contributed by atoms with E-state index in [4.69, 9.17) is 5.73 Å². The lowest BCUT2D eigenvalue weighted by Gasteiger charge is -2.05. The predicted octanol–water partition coefficient (Wildman–Crippen LogP) is 1.06. The molecule has 2 heterocycles. The smallest absolute Gasteiger partial charge is 0.0949 e. The minimum absolute atomic E-state index is 0.506. The van der Waals surface area contributed by atoms with Gasteiger partial charge in [-0.25, -0.2) is 4.98 Å². The zero-order chi connectivity index (χ0) is 11.4. The summed E-state index contributed by atoms with van der Waals surface area (Å²) in [5.74, 6) is 0. The zero-order valence-electron chi connectivity index (χ0n) is 9.43. The highest BCUT2D eigenvalue weighted by molar-refractivity contribution is 5.17. The van der Waals surface area contributed by atoms with Crippen molar-refractivity contribution in [3.05, 3.63) is 47.8 Å². The van der Waals surface area contributed by atoms with Gasteiger partial charge in [0.25, 0.3) is 0 Å². The third-order valence-electron chi connectivity index (χ3n) is 2.74. The number of nitrogens with two attached hydrogens (primary N) is 1. The fourth-order valence-corrected chi connectivity index (χ4v) is 1.81. The Balaban J connectivity index is 2.07. The highest BCUT2D eigenvalue weighted by Gasteiger charge is 2.06. The third kappa shape index (κ3) is 2.28. The number of hydrogen-bond acceptors (Lipinski definition) is 3. The van der Waals surface area contributed by atoms with Gasteiger partial charge in [-0.05, 0) is 30.5 Å². The van der Waals surface area contributed by atoms with Crippen LogP contribution in [0.1, 0.15) is 17.0 Å². The Morgan fingerprint density at radius 2 is 2.00 bits per heavy atom. The second kappa shape index (κ2) is 4.90. The van der Waals surface area contributed by atoms with E-state index in [-0.39, 0.29) is 0 Å². The molecular formula is C12H16N4. The van der Waals surface area contributed by atoms with Crippen LogP contribution in [0, 0.1) is 0 Å². The molecule has 0 bridgehead atoms. The minimum atomic E-state index is 0.506. The number of rotatable bonds is 4. The minimum Gasteiger partial charge on any atom is -0.337 e. The number of pyridine rings is 1. The molecule has 0 amide bonds. The fourth-order valence-electron chi connectivity index (χ4n) is 1.81. The molecule has 2 rings (SSSR count). The van der Waals surface area contributed by atoms with E-state index in [0.717, 1.165) is 18.5 Å². The summed E-state index contributed by atoms with van der Waals surface area (Å²) in [7, 11) is 2.01. The van der Waals surface area contributed by atoms with Gasteiger partial charge in [0.2, 0.25) is 0 Å². The van der Waals surface area contributed by atoms with Crippen LogP contribution >= 0.6 is 0 Å². The van der Waals surface area contributed by atoms with Gasteiger partial charge < -0.3 is 10.3 Å². The van der Waals surface area contributed by atoms with E-state index in [0.29, 0.717) is 6.54 Å². The van der Waals surface area contributed by atoms with E-state index >= 15 is 0 Å². The summed E-state index contributed by atoms with van der Waals surface area (Å²) < 4.78 is 2.05. The Kier molecular flexibility index (Phi) is 3.31. The average Bonchev–Trinajstić information content (AvgIpc) is 2.69. The summed E-state index contributed by atoms with van der Waals surface area (Å²) >= 11 is 0. The van der Waals surface area contributed by atoms with Crippen molar-refractivity contribution in [2.45, 2.75) is 19.4 Å². The first-order valence-corrected chi connectivity index (χ1v) is 5.39. The predicted molar refractivity (Wildman–Crippen MR) is 62.7 cm³/mol. The molecule has 2 N–H and O–H groups in total. The monoisotopic (exact) mass is 216 g/mol. The Hall–Kier alpha value is -1.68. The number of hydrogen-bond donors (Lipinski definition) is 1. The molecule has 0 atom stereocenters. The van der Waals surface area contributed by atoms with Gasteiger partial charge >= 0.3 is 0 Å². The van der Waals surface area contributed by atoms with E-state index in [9.17, 15) is 0 Å². The largest absolute Gasteiger partial charge is 0.337 e. The molecule has 0 spiro atoms. The Labute approximate surface area is 95.1 Å². The second-order valence-electron chi connectivity index (χ2n) is 3.81. The molecular weight excluding hydrogens is 200 g/mol. The summed E-state index contributed by atoms with van der Waals surface area (Å²) in [6, 6.07) is 4.08. The maximum Gasteiger partial charge on any atom is 0.0949 e. The Morgan fingerprint density at radius 3 is 2.69 bits per heavy atom. The molecule has 4 nitrogen and oxygen atoms in total. The maximum absolute atomic E-state index is 5.65. The Bertz CT molecular complexity index is 447. The highest BCUT2D eigenvalue weighted by atomic mass is 15.0. The third-order valence-corrected chi connectivity index (χ3v) is 2.74. The van der Waals surface area contributed by atoms with E-state index in [2.05, 4.69) is 9.97 Å². The van der Waals surface area contributed by atoms with Crippen molar-refractivity contribution >= 4 is 0 Å². The fraction of sp³-hybridized carbons (Fsp3) is 0.333. The molecule has 2 aromatic rings. The van der Waals surface area contributed by atoms with Gasteiger partial charge in [0.05, 0.1) is 12.0 Å². The summed E-state index contributed by atoms with van der Waals surface area (Å²) in [6.07, 6.45) is 7.43. The van der Waals surface area contributed by atoms with E-state index in [1.165, 1.54) is 11.3 Å². The number of imidazole rings is 1. The van der Waals surface area contributed by atoms with Gasteiger partial charge in [-0.3, -0.25) is 4.98 Å². The lowest BCUT2D eigenvalue weighted by atomic mass is 10.1. The normalized spacial score (nSPS) is 10.6. The topological polar surface area (TPSA) is 56.7 Å². The van der Waals surface area contributed by atoms with Crippen LogP contribution in [0.15, 0.2) is 30.9 Å². The highest BCUT2D eigenvalue weighted by Crippen LogP contribution is 2.10. The van der Waals surface area contributed by atoms with Gasteiger partial charge in [0.1, 0.15) is 0 Å². The first-order chi connectivity index (χ1) is 7.81. The lowest BCUT2D eigenvalue weighted by Crippen LogP contribution is -2.05. The molecule has 0 unspecified atom stereocenters. The van der Waals surface area contributed by atoms with Crippen molar-refractivity contribution in [3.8, 4) is 0 Å². The molecule has 0 saturated heterocycles. The van der Waals surface area contributed by atoms with Gasteiger partial charge in [0, 0.05) is 31.7 Å². The Morgan fingerprint density at radius 1 is 1.25 bits per heavy atom. The van der Waals surface area contributed by atoms with Crippen molar-refractivity contribution in [3.63, 3.8) is 0 Å². The summed E-state index contributed by atoms with van der Waals surface area (Å²) in [5.41, 5.74) is 9.16. The first-order valence-electron chi connectivity index (χ1n) is 5.39. The van der Waals surface area contributed by atoms with Crippen molar-refractivity contribution in [2.75, 3.05) is 0 Å². The van der Waals surface area contributed by atoms with Gasteiger partial charge in [0.15, 0.2) is 0 Å². The molecule has 0 saturated carbocycles. The lowest BCUT2D eigenvalue weighted by molar-refractivity contribution is 0.784. The van der Waals surface area contributed by atoms with Crippen molar-refractivity contribution in [1.82, 2.24) is 14.5 Å². The second-order valence-corrected chi connectivity index (χ2v) is 3.81. The summed E-state index contributed by atoms with van der Waals surface area (Å²) in [6.45, 7) is 0.506.